The molecule has 2 aliphatic rings. The molecule has 1 saturated heterocycles. The molecular formula is C19H14ClN5O4S2. The van der Waals surface area contributed by atoms with Crippen LogP contribution >= 0.6 is 23.4 Å². The van der Waals surface area contributed by atoms with Gasteiger partial charge in [-0.15, -0.1) is 11.6 Å². The number of carbonyl (C=O) groups is 2. The number of rotatable bonds is 4. The number of imide groups is 1. The van der Waals surface area contributed by atoms with E-state index >= 15 is 0 Å². The lowest BCUT2D eigenvalue weighted by molar-refractivity contribution is -0.115. The normalized spacial score (nSPS) is 19.6. The number of hydrogen-bond donors (Lipinski definition) is 2. The SMILES string of the molecule is O=C1NC(=O)/C(=C/c2ccc3ncn(-c4ccc5c(c4)CC(S(=O)(=O)CCl)N5)c3n2)S1. The summed E-state index contributed by atoms with van der Waals surface area (Å²) < 4.78 is 26.0. The van der Waals surface area contributed by atoms with Gasteiger partial charge in [-0.2, -0.15) is 0 Å². The van der Waals surface area contributed by atoms with Crippen LogP contribution in [-0.2, 0) is 21.1 Å². The fourth-order valence-electron chi connectivity index (χ4n) is 3.49. The minimum absolute atomic E-state index is 0.276. The van der Waals surface area contributed by atoms with Crippen molar-refractivity contribution in [2.75, 3.05) is 10.5 Å². The van der Waals surface area contributed by atoms with Gasteiger partial charge in [0.2, 0.25) is 0 Å². The second-order valence-corrected chi connectivity index (χ2v) is 10.8. The highest BCUT2D eigenvalue weighted by Crippen LogP contribution is 2.31. The van der Waals surface area contributed by atoms with Crippen molar-refractivity contribution < 1.29 is 18.0 Å². The summed E-state index contributed by atoms with van der Waals surface area (Å²) in [7, 11) is -3.43. The van der Waals surface area contributed by atoms with Gasteiger partial charge in [-0.1, -0.05) is 0 Å². The second-order valence-electron chi connectivity index (χ2n) is 7.00. The third kappa shape index (κ3) is 3.58. The Bertz CT molecular complexity index is 1400. The summed E-state index contributed by atoms with van der Waals surface area (Å²) in [5, 5.41) is 3.61. The van der Waals surface area contributed by atoms with Crippen LogP contribution in [-0.4, -0.2) is 44.7 Å². The summed E-state index contributed by atoms with van der Waals surface area (Å²) in [6.07, 6.45) is 3.50. The number of sulfone groups is 1. The number of nitrogens with zero attached hydrogens (tertiary/aromatic N) is 3. The first-order valence-electron chi connectivity index (χ1n) is 9.10. The van der Waals surface area contributed by atoms with E-state index in [1.165, 1.54) is 0 Å². The summed E-state index contributed by atoms with van der Waals surface area (Å²) >= 11 is 6.42. The topological polar surface area (TPSA) is 123 Å². The number of imidazole rings is 1. The predicted molar refractivity (Wildman–Crippen MR) is 119 cm³/mol. The van der Waals surface area contributed by atoms with Gasteiger partial charge in [0.25, 0.3) is 11.1 Å². The third-order valence-corrected chi connectivity index (χ3v) is 8.19. The number of aromatic nitrogens is 3. The standard InChI is InChI=1S/C19H14ClN5O4S2/c20-8-31(28,29)16-6-10-5-12(2-4-13(10)23-16)25-9-21-14-3-1-11(22-17(14)25)7-15-18(26)24-19(27)30-15/h1-5,7,9,16,23H,6,8H2,(H,24,26,27)/b15-7-. The molecule has 158 valence electrons. The molecular weight excluding hydrogens is 462 g/mol. The van der Waals surface area contributed by atoms with E-state index in [0.717, 1.165) is 28.7 Å². The molecule has 0 saturated carbocycles. The molecule has 1 atom stereocenters. The van der Waals surface area contributed by atoms with Gasteiger partial charge < -0.3 is 5.32 Å². The predicted octanol–water partition coefficient (Wildman–Crippen LogP) is 2.65. The van der Waals surface area contributed by atoms with Gasteiger partial charge in [-0.25, -0.2) is 18.4 Å². The lowest BCUT2D eigenvalue weighted by Crippen LogP contribution is -2.27. The minimum Gasteiger partial charge on any atom is -0.369 e. The molecule has 0 aliphatic carbocycles. The highest BCUT2D eigenvalue weighted by molar-refractivity contribution is 8.18. The quantitative estimate of drug-likeness (QED) is 0.436. The molecule has 2 amide bonds. The van der Waals surface area contributed by atoms with Gasteiger partial charge in [0.1, 0.15) is 22.4 Å². The third-order valence-electron chi connectivity index (χ3n) is 5.01. The average molecular weight is 476 g/mol. The van der Waals surface area contributed by atoms with E-state index in [0.29, 0.717) is 23.3 Å². The molecule has 1 fully saturated rings. The molecule has 4 heterocycles. The number of hydrogen-bond acceptors (Lipinski definition) is 8. The van der Waals surface area contributed by atoms with Crippen LogP contribution in [0.15, 0.2) is 41.6 Å². The van der Waals surface area contributed by atoms with Crippen LogP contribution < -0.4 is 10.6 Å². The van der Waals surface area contributed by atoms with Crippen molar-refractivity contribution in [3.05, 3.63) is 52.8 Å². The maximum atomic E-state index is 12.1. The number of thioether (sulfide) groups is 1. The number of amides is 2. The molecule has 1 unspecified atom stereocenters. The van der Waals surface area contributed by atoms with Crippen LogP contribution in [0, 0.1) is 0 Å². The van der Waals surface area contributed by atoms with Gasteiger partial charge in [0, 0.05) is 17.8 Å². The van der Waals surface area contributed by atoms with Crippen molar-refractivity contribution in [2.45, 2.75) is 11.8 Å². The zero-order chi connectivity index (χ0) is 21.8. The van der Waals surface area contributed by atoms with Gasteiger partial charge in [0.05, 0.1) is 10.6 Å². The molecule has 9 nitrogen and oxygen atoms in total. The van der Waals surface area contributed by atoms with Crippen molar-refractivity contribution in [2.24, 2.45) is 0 Å². The smallest absolute Gasteiger partial charge is 0.290 e. The number of alkyl halides is 1. The van der Waals surface area contributed by atoms with Crippen LogP contribution in [0.3, 0.4) is 0 Å². The van der Waals surface area contributed by atoms with E-state index in [4.69, 9.17) is 11.6 Å². The number of nitrogens with one attached hydrogen (secondary N) is 2. The Kier molecular flexibility index (Phi) is 4.76. The molecule has 0 radical (unpaired) electrons. The number of fused-ring (bicyclic) bond motifs is 2. The fraction of sp³-hybridized carbons (Fsp3) is 0.158. The number of anilines is 1. The average Bonchev–Trinajstić information content (AvgIpc) is 3.44. The Morgan fingerprint density at radius 2 is 2.10 bits per heavy atom. The van der Waals surface area contributed by atoms with Crippen LogP contribution in [0.5, 0.6) is 0 Å². The largest absolute Gasteiger partial charge is 0.369 e. The fourth-order valence-corrected chi connectivity index (χ4v) is 5.50. The molecule has 31 heavy (non-hydrogen) atoms. The molecule has 3 aromatic rings. The summed E-state index contributed by atoms with van der Waals surface area (Å²) in [5.74, 6) is -0.446. The number of halogens is 1. The first-order chi connectivity index (χ1) is 14.8. The molecule has 2 aromatic heterocycles. The number of pyridine rings is 1. The monoisotopic (exact) mass is 475 g/mol. The van der Waals surface area contributed by atoms with Crippen molar-refractivity contribution in [1.29, 1.82) is 0 Å². The number of carbonyl (C=O) groups excluding carboxylic acids is 2. The van der Waals surface area contributed by atoms with E-state index in [9.17, 15) is 18.0 Å². The van der Waals surface area contributed by atoms with Crippen molar-refractivity contribution in [3.63, 3.8) is 0 Å². The molecule has 1 aromatic carbocycles. The Balaban J connectivity index is 1.51. The summed E-state index contributed by atoms with van der Waals surface area (Å²) in [4.78, 5) is 32.4. The zero-order valence-electron chi connectivity index (χ0n) is 15.7. The first kappa shape index (κ1) is 20.0. The Hall–Kier alpha value is -2.89. The van der Waals surface area contributed by atoms with E-state index in [1.54, 1.807) is 29.1 Å². The first-order valence-corrected chi connectivity index (χ1v) is 12.2. The summed E-state index contributed by atoms with van der Waals surface area (Å²) in [6.45, 7) is 0. The van der Waals surface area contributed by atoms with Crippen LogP contribution in [0.25, 0.3) is 22.9 Å². The van der Waals surface area contributed by atoms with Gasteiger partial charge >= 0.3 is 0 Å². The molecule has 5 rings (SSSR count). The lowest BCUT2D eigenvalue weighted by atomic mass is 10.1. The van der Waals surface area contributed by atoms with Crippen molar-refractivity contribution in [1.82, 2.24) is 19.9 Å². The van der Waals surface area contributed by atoms with E-state index in [1.807, 2.05) is 18.2 Å². The van der Waals surface area contributed by atoms with Crippen molar-refractivity contribution in [3.8, 4) is 5.69 Å². The lowest BCUT2D eigenvalue weighted by Gasteiger charge is -2.09. The maximum Gasteiger partial charge on any atom is 0.290 e. The highest BCUT2D eigenvalue weighted by atomic mass is 35.5. The van der Waals surface area contributed by atoms with Crippen LogP contribution in [0.4, 0.5) is 10.5 Å². The zero-order valence-corrected chi connectivity index (χ0v) is 18.1. The maximum absolute atomic E-state index is 12.1. The summed E-state index contributed by atoms with van der Waals surface area (Å²) in [5.41, 5.74) is 4.11. The second kappa shape index (κ2) is 7.36. The number of benzene rings is 1. The molecule has 12 heteroatoms. The molecule has 0 spiro atoms. The van der Waals surface area contributed by atoms with Gasteiger partial charge in [-0.3, -0.25) is 19.5 Å². The summed E-state index contributed by atoms with van der Waals surface area (Å²) in [6, 6.07) is 9.05. The molecule has 2 aliphatic heterocycles. The van der Waals surface area contributed by atoms with E-state index in [-0.39, 0.29) is 4.91 Å². The van der Waals surface area contributed by atoms with Crippen molar-refractivity contribution >= 4 is 67.3 Å². The van der Waals surface area contributed by atoms with Crippen LogP contribution in [0.1, 0.15) is 11.3 Å². The Morgan fingerprint density at radius 1 is 1.26 bits per heavy atom. The molecule has 2 N–H and O–H groups in total. The molecule has 0 bridgehead atoms. The van der Waals surface area contributed by atoms with Crippen LogP contribution in [0.2, 0.25) is 0 Å². The Morgan fingerprint density at radius 3 is 2.84 bits per heavy atom. The highest BCUT2D eigenvalue weighted by Gasteiger charge is 2.31. The van der Waals surface area contributed by atoms with E-state index < -0.39 is 31.6 Å². The van der Waals surface area contributed by atoms with E-state index in [2.05, 4.69) is 20.6 Å². The Labute approximate surface area is 185 Å². The minimum atomic E-state index is -3.43. The van der Waals surface area contributed by atoms with Gasteiger partial charge in [0.15, 0.2) is 15.5 Å². The van der Waals surface area contributed by atoms with Gasteiger partial charge in [-0.05, 0) is 53.7 Å².